The van der Waals surface area contributed by atoms with E-state index < -0.39 is 0 Å². The van der Waals surface area contributed by atoms with Crippen molar-refractivity contribution in [1.29, 1.82) is 0 Å². The first-order chi connectivity index (χ1) is 13.7. The summed E-state index contributed by atoms with van der Waals surface area (Å²) in [7, 11) is 0. The Hall–Kier alpha value is -2.15. The minimum absolute atomic E-state index is 0.0557. The van der Waals surface area contributed by atoms with Crippen LogP contribution in [-0.2, 0) is 31.0 Å². The van der Waals surface area contributed by atoms with Gasteiger partial charge in [0.2, 0.25) is 5.91 Å². The summed E-state index contributed by atoms with van der Waals surface area (Å²) in [5.41, 5.74) is 2.26. The number of aromatic nitrogens is 4. The summed E-state index contributed by atoms with van der Waals surface area (Å²) in [6.45, 7) is 6.26. The molecule has 0 spiro atoms. The molecule has 0 radical (unpaired) electrons. The number of amides is 1. The summed E-state index contributed by atoms with van der Waals surface area (Å²) >= 11 is 0. The predicted molar refractivity (Wildman–Crippen MR) is 108 cm³/mol. The van der Waals surface area contributed by atoms with E-state index in [2.05, 4.69) is 25.9 Å². The van der Waals surface area contributed by atoms with Crippen molar-refractivity contribution < 1.29 is 4.79 Å². The molecule has 1 aliphatic carbocycles. The highest BCUT2D eigenvalue weighted by atomic mass is 16.1. The van der Waals surface area contributed by atoms with E-state index in [9.17, 15) is 4.79 Å². The zero-order valence-electron chi connectivity index (χ0n) is 16.9. The van der Waals surface area contributed by atoms with Crippen LogP contribution in [0.3, 0.4) is 0 Å². The van der Waals surface area contributed by atoms with Gasteiger partial charge in [-0.05, 0) is 32.3 Å². The predicted octanol–water partition coefficient (Wildman–Crippen LogP) is 2.63. The molecule has 1 saturated carbocycles. The maximum Gasteiger partial charge on any atom is 0.222 e. The van der Waals surface area contributed by atoms with Gasteiger partial charge in [0.15, 0.2) is 0 Å². The van der Waals surface area contributed by atoms with Crippen molar-refractivity contribution in [3.05, 3.63) is 35.7 Å². The van der Waals surface area contributed by atoms with E-state index in [1.54, 1.807) is 6.20 Å². The van der Waals surface area contributed by atoms with Crippen LogP contribution in [0.4, 0.5) is 0 Å². The minimum Gasteiger partial charge on any atom is -0.350 e. The second-order valence-corrected chi connectivity index (χ2v) is 8.16. The highest BCUT2D eigenvalue weighted by molar-refractivity contribution is 5.75. The molecule has 0 bridgehead atoms. The summed E-state index contributed by atoms with van der Waals surface area (Å²) in [5, 5.41) is 7.76. The number of imidazole rings is 1. The number of nitrogens with one attached hydrogen (secondary N) is 1. The topological polar surface area (TPSA) is 68.0 Å². The molecule has 0 unspecified atom stereocenters. The molecule has 2 aromatic heterocycles. The number of aryl methyl sites for hydroxylation is 3. The van der Waals surface area contributed by atoms with Crippen molar-refractivity contribution in [2.45, 2.75) is 84.1 Å². The van der Waals surface area contributed by atoms with E-state index in [1.165, 1.54) is 44.3 Å². The van der Waals surface area contributed by atoms with Crippen LogP contribution in [0.25, 0.3) is 0 Å². The molecule has 28 heavy (non-hydrogen) atoms. The number of carbonyl (C=O) groups is 1. The lowest BCUT2D eigenvalue weighted by Gasteiger charge is -2.33. The third-order valence-electron chi connectivity index (χ3n) is 6.16. The van der Waals surface area contributed by atoms with Crippen molar-refractivity contribution in [3.63, 3.8) is 0 Å². The first-order valence-electron chi connectivity index (χ1n) is 10.7. The molecule has 0 aromatic carbocycles. The van der Waals surface area contributed by atoms with E-state index in [-0.39, 0.29) is 5.91 Å². The normalized spacial score (nSPS) is 18.6. The number of rotatable bonds is 6. The second-order valence-electron chi connectivity index (χ2n) is 8.16. The Kier molecular flexibility index (Phi) is 6.10. The fraction of sp³-hybridized carbons (Fsp3) is 0.667. The smallest absolute Gasteiger partial charge is 0.222 e. The number of hydrogen-bond donors (Lipinski definition) is 1. The number of carbonyl (C=O) groups excluding carboxylic acids is 1. The molecule has 3 heterocycles. The summed E-state index contributed by atoms with van der Waals surface area (Å²) in [4.78, 5) is 19.0. The summed E-state index contributed by atoms with van der Waals surface area (Å²) in [6.07, 6.45) is 12.1. The molecular formula is C21H32N6O. The van der Waals surface area contributed by atoms with Crippen LogP contribution in [-0.4, -0.2) is 42.7 Å². The van der Waals surface area contributed by atoms with E-state index in [0.717, 1.165) is 37.1 Å². The van der Waals surface area contributed by atoms with E-state index in [4.69, 9.17) is 5.10 Å². The molecule has 2 aromatic rings. The lowest BCUT2D eigenvalue weighted by molar-refractivity contribution is -0.121. The van der Waals surface area contributed by atoms with Crippen LogP contribution in [0.15, 0.2) is 18.5 Å². The monoisotopic (exact) mass is 384 g/mol. The Morgan fingerprint density at radius 2 is 2.07 bits per heavy atom. The Bertz CT molecular complexity index is 789. The average molecular weight is 385 g/mol. The van der Waals surface area contributed by atoms with Crippen molar-refractivity contribution in [1.82, 2.24) is 29.5 Å². The SMILES string of the molecule is Cc1nccn1CCC(=O)NCc1cc2n(n1)CCCN(C1CCCCC1)C2. The van der Waals surface area contributed by atoms with Gasteiger partial charge >= 0.3 is 0 Å². The zero-order valence-corrected chi connectivity index (χ0v) is 16.9. The Balaban J connectivity index is 1.29. The molecule has 0 saturated heterocycles. The largest absolute Gasteiger partial charge is 0.350 e. The van der Waals surface area contributed by atoms with Gasteiger partial charge in [-0.2, -0.15) is 5.10 Å². The van der Waals surface area contributed by atoms with Crippen LogP contribution < -0.4 is 5.32 Å². The highest BCUT2D eigenvalue weighted by Gasteiger charge is 2.24. The molecule has 152 valence electrons. The quantitative estimate of drug-likeness (QED) is 0.831. The summed E-state index contributed by atoms with van der Waals surface area (Å²) < 4.78 is 4.15. The van der Waals surface area contributed by atoms with Gasteiger partial charge < -0.3 is 9.88 Å². The lowest BCUT2D eigenvalue weighted by atomic mass is 9.94. The lowest BCUT2D eigenvalue weighted by Crippen LogP contribution is -2.36. The van der Waals surface area contributed by atoms with E-state index in [1.807, 2.05) is 17.7 Å². The van der Waals surface area contributed by atoms with Crippen molar-refractivity contribution >= 4 is 5.91 Å². The van der Waals surface area contributed by atoms with Crippen molar-refractivity contribution in [2.24, 2.45) is 0 Å². The summed E-state index contributed by atoms with van der Waals surface area (Å²) in [5.74, 6) is 0.994. The Labute approximate surface area is 167 Å². The first-order valence-corrected chi connectivity index (χ1v) is 10.7. The van der Waals surface area contributed by atoms with Gasteiger partial charge in [0.25, 0.3) is 0 Å². The highest BCUT2D eigenvalue weighted by Crippen LogP contribution is 2.26. The number of nitrogens with zero attached hydrogens (tertiary/aromatic N) is 5. The molecule has 2 aliphatic rings. The molecule has 0 atom stereocenters. The zero-order chi connectivity index (χ0) is 19.3. The van der Waals surface area contributed by atoms with Gasteiger partial charge in [-0.3, -0.25) is 14.4 Å². The fourth-order valence-electron chi connectivity index (χ4n) is 4.53. The van der Waals surface area contributed by atoms with Gasteiger partial charge in [-0.15, -0.1) is 0 Å². The van der Waals surface area contributed by atoms with Gasteiger partial charge in [-0.25, -0.2) is 4.98 Å². The third kappa shape index (κ3) is 4.63. The van der Waals surface area contributed by atoms with Crippen LogP contribution in [0.5, 0.6) is 0 Å². The molecule has 7 heteroatoms. The third-order valence-corrected chi connectivity index (χ3v) is 6.16. The fourth-order valence-corrected chi connectivity index (χ4v) is 4.53. The molecular weight excluding hydrogens is 352 g/mol. The van der Waals surface area contributed by atoms with Crippen LogP contribution >= 0.6 is 0 Å². The van der Waals surface area contributed by atoms with E-state index >= 15 is 0 Å². The summed E-state index contributed by atoms with van der Waals surface area (Å²) in [6, 6.07) is 2.92. The molecule has 7 nitrogen and oxygen atoms in total. The number of fused-ring (bicyclic) bond motifs is 1. The molecule has 1 aliphatic heterocycles. The van der Waals surface area contributed by atoms with Crippen molar-refractivity contribution in [3.8, 4) is 0 Å². The van der Waals surface area contributed by atoms with Crippen LogP contribution in [0, 0.1) is 6.92 Å². The maximum absolute atomic E-state index is 12.2. The van der Waals surface area contributed by atoms with Gasteiger partial charge in [0.05, 0.1) is 17.9 Å². The van der Waals surface area contributed by atoms with Crippen LogP contribution in [0.1, 0.15) is 62.2 Å². The van der Waals surface area contributed by atoms with Gasteiger partial charge in [0.1, 0.15) is 5.82 Å². The average Bonchev–Trinajstić information content (AvgIpc) is 3.24. The maximum atomic E-state index is 12.2. The molecule has 1 fully saturated rings. The van der Waals surface area contributed by atoms with Gasteiger partial charge in [0, 0.05) is 51.0 Å². The molecule has 1 N–H and O–H groups in total. The second kappa shape index (κ2) is 8.90. The standard InChI is InChI=1S/C21H32N6O/c1-17-22-9-13-25(17)12-8-21(28)23-15-18-14-20-16-26(10-5-11-27(20)24-18)19-6-3-2-4-7-19/h9,13-14,19H,2-8,10-12,15-16H2,1H3,(H,23,28). The minimum atomic E-state index is 0.0557. The Morgan fingerprint density at radius 3 is 2.86 bits per heavy atom. The van der Waals surface area contributed by atoms with E-state index in [0.29, 0.717) is 19.5 Å². The molecule has 1 amide bonds. The molecule has 4 rings (SSSR count). The van der Waals surface area contributed by atoms with Crippen molar-refractivity contribution in [2.75, 3.05) is 6.54 Å². The number of hydrogen-bond acceptors (Lipinski definition) is 4. The van der Waals surface area contributed by atoms with Crippen LogP contribution in [0.2, 0.25) is 0 Å². The first kappa shape index (κ1) is 19.2. The Morgan fingerprint density at radius 1 is 1.21 bits per heavy atom. The van der Waals surface area contributed by atoms with Gasteiger partial charge in [-0.1, -0.05) is 19.3 Å².